The Labute approximate surface area is 118 Å². The first-order valence-corrected chi connectivity index (χ1v) is 6.31. The molecule has 2 N–H and O–H groups in total. The zero-order chi connectivity index (χ0) is 15.3. The van der Waals surface area contributed by atoms with Gasteiger partial charge in [0.2, 0.25) is 0 Å². The number of amides is 1. The Balaban J connectivity index is 3.00. The van der Waals surface area contributed by atoms with E-state index < -0.39 is 12.1 Å². The molecule has 0 saturated carbocycles. The number of anilines is 1. The Kier molecular flexibility index (Phi) is 5.37. The molecule has 0 aliphatic carbocycles. The first-order chi connectivity index (χ1) is 9.36. The van der Waals surface area contributed by atoms with Crippen molar-refractivity contribution in [3.05, 3.63) is 23.8 Å². The number of hydrogen-bond acceptors (Lipinski definition) is 5. The Morgan fingerprint density at radius 3 is 2.55 bits per heavy atom. The highest BCUT2D eigenvalue weighted by Crippen LogP contribution is 2.23. The molecule has 1 aromatic rings. The minimum atomic E-state index is -0.707. The van der Waals surface area contributed by atoms with Gasteiger partial charge in [-0.1, -0.05) is 0 Å². The number of hydrogen-bond donors (Lipinski definition) is 1. The summed E-state index contributed by atoms with van der Waals surface area (Å²) in [6.07, 6.45) is -0.707. The van der Waals surface area contributed by atoms with Crippen LogP contribution in [-0.2, 0) is 9.53 Å². The number of nitrogen functional groups attached to an aromatic ring is 1. The van der Waals surface area contributed by atoms with E-state index in [0.717, 1.165) is 0 Å². The van der Waals surface area contributed by atoms with Gasteiger partial charge in [-0.2, -0.15) is 0 Å². The number of carbonyl (C=O) groups is 2. The Morgan fingerprint density at radius 2 is 2.00 bits per heavy atom. The Bertz CT molecular complexity index is 500. The summed E-state index contributed by atoms with van der Waals surface area (Å²) in [5, 5.41) is 0. The maximum atomic E-state index is 11.8. The summed E-state index contributed by atoms with van der Waals surface area (Å²) in [7, 11) is 3.27. The first kappa shape index (κ1) is 15.8. The molecule has 0 fully saturated rings. The molecule has 0 heterocycles. The second-order valence-corrected chi connectivity index (χ2v) is 4.47. The number of rotatable bonds is 5. The maximum Gasteiger partial charge on any atom is 0.341 e. The number of nitrogens with two attached hydrogens (primary N) is 1. The summed E-state index contributed by atoms with van der Waals surface area (Å²) < 4.78 is 10.5. The van der Waals surface area contributed by atoms with Crippen molar-refractivity contribution < 1.29 is 19.1 Å². The van der Waals surface area contributed by atoms with Gasteiger partial charge in [0, 0.05) is 19.8 Å². The van der Waals surface area contributed by atoms with Crippen LogP contribution < -0.4 is 10.5 Å². The molecule has 1 atom stereocenters. The van der Waals surface area contributed by atoms with Gasteiger partial charge in [-0.3, -0.25) is 4.79 Å². The van der Waals surface area contributed by atoms with Crippen molar-refractivity contribution in [2.45, 2.75) is 20.0 Å². The van der Waals surface area contributed by atoms with Crippen molar-refractivity contribution >= 4 is 17.6 Å². The van der Waals surface area contributed by atoms with Gasteiger partial charge < -0.3 is 20.1 Å². The normalized spacial score (nSPS) is 11.6. The van der Waals surface area contributed by atoms with E-state index in [1.807, 2.05) is 0 Å². The van der Waals surface area contributed by atoms with Crippen molar-refractivity contribution in [3.63, 3.8) is 0 Å². The van der Waals surface area contributed by atoms with Gasteiger partial charge in [-0.05, 0) is 32.0 Å². The number of ether oxygens (including phenoxy) is 2. The van der Waals surface area contributed by atoms with E-state index in [0.29, 0.717) is 5.69 Å². The number of nitrogens with zero attached hydrogens (tertiary/aromatic N) is 1. The minimum Gasteiger partial charge on any atom is -0.480 e. The van der Waals surface area contributed by atoms with Crippen LogP contribution in [0.15, 0.2) is 18.2 Å². The summed E-state index contributed by atoms with van der Waals surface area (Å²) in [5.74, 6) is -0.448. The van der Waals surface area contributed by atoms with E-state index in [2.05, 4.69) is 0 Å². The van der Waals surface area contributed by atoms with E-state index in [1.165, 1.54) is 11.0 Å². The molecule has 0 radical (unpaired) electrons. The number of esters is 1. The molecule has 1 amide bonds. The lowest BCUT2D eigenvalue weighted by Crippen LogP contribution is -2.35. The first-order valence-electron chi connectivity index (χ1n) is 6.31. The average Bonchev–Trinajstić information content (AvgIpc) is 2.39. The molecule has 0 bridgehead atoms. The summed E-state index contributed by atoms with van der Waals surface area (Å²) >= 11 is 0. The SMILES string of the molecule is CCOC(=O)c1cc(N)ccc1OC(C)C(=O)N(C)C. The molecule has 1 aromatic carbocycles. The van der Waals surface area contributed by atoms with Gasteiger partial charge >= 0.3 is 5.97 Å². The Hall–Kier alpha value is -2.24. The van der Waals surface area contributed by atoms with Gasteiger partial charge in [0.1, 0.15) is 11.3 Å². The van der Waals surface area contributed by atoms with Crippen LogP contribution in [0.2, 0.25) is 0 Å². The molecule has 20 heavy (non-hydrogen) atoms. The summed E-state index contributed by atoms with van der Waals surface area (Å²) in [6.45, 7) is 3.58. The van der Waals surface area contributed by atoms with Crippen molar-refractivity contribution in [1.82, 2.24) is 4.90 Å². The molecule has 0 spiro atoms. The van der Waals surface area contributed by atoms with Gasteiger partial charge in [0.05, 0.1) is 6.61 Å². The molecule has 0 aromatic heterocycles. The zero-order valence-electron chi connectivity index (χ0n) is 12.2. The third-order valence-corrected chi connectivity index (χ3v) is 2.59. The number of benzene rings is 1. The highest BCUT2D eigenvalue weighted by Gasteiger charge is 2.21. The molecule has 110 valence electrons. The van der Waals surface area contributed by atoms with E-state index in [1.54, 1.807) is 40.1 Å². The monoisotopic (exact) mass is 280 g/mol. The van der Waals surface area contributed by atoms with Gasteiger partial charge in [0.15, 0.2) is 6.10 Å². The molecular formula is C14H20N2O4. The fraction of sp³-hybridized carbons (Fsp3) is 0.429. The number of likely N-dealkylation sites (N-methyl/N-ethyl adjacent to an activating group) is 1. The lowest BCUT2D eigenvalue weighted by molar-refractivity contribution is -0.135. The van der Waals surface area contributed by atoms with Crippen LogP contribution in [0.5, 0.6) is 5.75 Å². The molecule has 6 nitrogen and oxygen atoms in total. The van der Waals surface area contributed by atoms with Crippen molar-refractivity contribution in [3.8, 4) is 5.75 Å². The lowest BCUT2D eigenvalue weighted by atomic mass is 10.1. The average molecular weight is 280 g/mol. The molecule has 1 rings (SSSR count). The maximum absolute atomic E-state index is 11.8. The van der Waals surface area contributed by atoms with Crippen LogP contribution >= 0.6 is 0 Å². The fourth-order valence-electron chi connectivity index (χ4n) is 1.62. The van der Waals surface area contributed by atoms with Crippen LogP contribution in [0.3, 0.4) is 0 Å². The highest BCUT2D eigenvalue weighted by molar-refractivity contribution is 5.93. The number of carbonyl (C=O) groups excluding carboxylic acids is 2. The molecule has 0 aliphatic heterocycles. The predicted octanol–water partition coefficient (Wildman–Crippen LogP) is 1.30. The summed E-state index contributed by atoms with van der Waals surface area (Å²) in [6, 6.07) is 4.63. The molecule has 1 unspecified atom stereocenters. The molecule has 0 saturated heterocycles. The van der Waals surface area contributed by atoms with Gasteiger partial charge in [-0.15, -0.1) is 0 Å². The predicted molar refractivity (Wildman–Crippen MR) is 75.6 cm³/mol. The van der Waals surface area contributed by atoms with Crippen LogP contribution in [0.1, 0.15) is 24.2 Å². The fourth-order valence-corrected chi connectivity index (χ4v) is 1.62. The molecular weight excluding hydrogens is 260 g/mol. The van der Waals surface area contributed by atoms with Crippen molar-refractivity contribution in [1.29, 1.82) is 0 Å². The van der Waals surface area contributed by atoms with Crippen molar-refractivity contribution in [2.24, 2.45) is 0 Å². The second kappa shape index (κ2) is 6.79. The van der Waals surface area contributed by atoms with Gasteiger partial charge in [-0.25, -0.2) is 4.79 Å². The summed E-state index contributed by atoms with van der Waals surface area (Å²) in [4.78, 5) is 25.1. The quantitative estimate of drug-likeness (QED) is 0.649. The van der Waals surface area contributed by atoms with Gasteiger partial charge in [0.25, 0.3) is 5.91 Å². The topological polar surface area (TPSA) is 81.9 Å². The third kappa shape index (κ3) is 3.88. The van der Waals surface area contributed by atoms with Crippen LogP contribution in [0.4, 0.5) is 5.69 Å². The van der Waals surface area contributed by atoms with E-state index in [9.17, 15) is 9.59 Å². The standard InChI is InChI=1S/C14H20N2O4/c1-5-19-14(18)11-8-10(15)6-7-12(11)20-9(2)13(17)16(3)4/h6-9H,5,15H2,1-4H3. The Morgan fingerprint density at radius 1 is 1.35 bits per heavy atom. The van der Waals surface area contributed by atoms with Crippen LogP contribution in [-0.4, -0.2) is 43.6 Å². The largest absolute Gasteiger partial charge is 0.480 e. The molecule has 6 heteroatoms. The van der Waals surface area contributed by atoms with Crippen LogP contribution in [0, 0.1) is 0 Å². The minimum absolute atomic E-state index is 0.198. The third-order valence-electron chi connectivity index (χ3n) is 2.59. The van der Waals surface area contributed by atoms with E-state index >= 15 is 0 Å². The molecule has 0 aliphatic rings. The zero-order valence-corrected chi connectivity index (χ0v) is 12.2. The summed E-state index contributed by atoms with van der Waals surface area (Å²) in [5.41, 5.74) is 6.30. The smallest absolute Gasteiger partial charge is 0.341 e. The van der Waals surface area contributed by atoms with E-state index in [4.69, 9.17) is 15.2 Å². The van der Waals surface area contributed by atoms with E-state index in [-0.39, 0.29) is 23.8 Å². The van der Waals surface area contributed by atoms with Crippen molar-refractivity contribution in [2.75, 3.05) is 26.4 Å². The second-order valence-electron chi connectivity index (χ2n) is 4.47. The highest BCUT2D eigenvalue weighted by atomic mass is 16.5. The lowest BCUT2D eigenvalue weighted by Gasteiger charge is -2.19. The van der Waals surface area contributed by atoms with Crippen LogP contribution in [0.25, 0.3) is 0 Å².